The molecule has 0 unspecified atom stereocenters. The Bertz CT molecular complexity index is 3370. The van der Waals surface area contributed by atoms with E-state index in [0.29, 0.717) is 0 Å². The topological polar surface area (TPSA) is 8.17 Å². The number of hydrogen-bond donors (Lipinski definition) is 0. The number of nitrogens with zero attached hydrogens (tertiary/aromatic N) is 2. The summed E-state index contributed by atoms with van der Waals surface area (Å²) in [5, 5.41) is 10.2. The van der Waals surface area contributed by atoms with Crippen molar-refractivity contribution in [2.45, 2.75) is 0 Å². The highest BCUT2D eigenvalue weighted by Crippen LogP contribution is 2.45. The van der Waals surface area contributed by atoms with Crippen LogP contribution in [0.5, 0.6) is 0 Å². The van der Waals surface area contributed by atoms with E-state index in [0.717, 1.165) is 17.1 Å². The zero-order valence-electron chi connectivity index (χ0n) is 30.2. The molecule has 0 saturated heterocycles. The summed E-state index contributed by atoms with van der Waals surface area (Å²) in [5.41, 5.74) is 9.48. The van der Waals surface area contributed by atoms with E-state index in [4.69, 9.17) is 0 Å². The molecule has 0 spiro atoms. The summed E-state index contributed by atoms with van der Waals surface area (Å²) in [6.07, 6.45) is 0. The van der Waals surface area contributed by atoms with E-state index in [9.17, 15) is 0 Å². The molecule has 0 bridgehead atoms. The number of thiophene rings is 2. The van der Waals surface area contributed by atoms with Crippen LogP contribution in [0.1, 0.15) is 0 Å². The molecule has 0 aliphatic heterocycles. The third-order valence-electron chi connectivity index (χ3n) is 11.4. The smallest absolute Gasteiger partial charge is 0.0619 e. The second-order valence-electron chi connectivity index (χ2n) is 14.5. The molecular weight excluding hydrogens is 717 g/mol. The fraction of sp³-hybridized carbons (Fsp3) is 0. The number of benzene rings is 9. The predicted octanol–water partition coefficient (Wildman–Crippen LogP) is 15.8. The van der Waals surface area contributed by atoms with Crippen LogP contribution in [0.3, 0.4) is 0 Å². The Hall–Kier alpha value is -6.72. The number of hydrogen-bond acceptors (Lipinski definition) is 3. The Labute approximate surface area is 331 Å². The molecule has 0 aliphatic rings. The van der Waals surface area contributed by atoms with Gasteiger partial charge in [-0.05, 0) is 101 Å². The molecule has 0 atom stereocenters. The molecule has 56 heavy (non-hydrogen) atoms. The predicted molar refractivity (Wildman–Crippen MR) is 244 cm³/mol. The Kier molecular flexibility index (Phi) is 7.00. The van der Waals surface area contributed by atoms with Crippen LogP contribution in [0.25, 0.3) is 89.7 Å². The van der Waals surface area contributed by atoms with Gasteiger partial charge in [-0.15, -0.1) is 22.7 Å². The van der Waals surface area contributed by atoms with Gasteiger partial charge in [0.05, 0.1) is 11.0 Å². The Morgan fingerprint density at radius 2 is 0.839 bits per heavy atom. The van der Waals surface area contributed by atoms with Gasteiger partial charge in [0, 0.05) is 79.3 Å². The summed E-state index contributed by atoms with van der Waals surface area (Å²) in [6.45, 7) is 0. The third kappa shape index (κ3) is 4.80. The van der Waals surface area contributed by atoms with E-state index in [1.54, 1.807) is 0 Å². The fourth-order valence-electron chi connectivity index (χ4n) is 8.85. The van der Waals surface area contributed by atoms with Crippen LogP contribution in [0.2, 0.25) is 0 Å². The van der Waals surface area contributed by atoms with Gasteiger partial charge in [0.1, 0.15) is 0 Å². The molecule has 3 heterocycles. The Morgan fingerprint density at radius 1 is 0.339 bits per heavy atom. The lowest BCUT2D eigenvalue weighted by molar-refractivity contribution is 1.19. The summed E-state index contributed by atoms with van der Waals surface area (Å²) in [6, 6.07) is 71.5. The molecule has 262 valence electrons. The van der Waals surface area contributed by atoms with E-state index in [1.165, 1.54) is 89.7 Å². The molecule has 4 heteroatoms. The first-order chi connectivity index (χ1) is 27.8. The van der Waals surface area contributed by atoms with Crippen LogP contribution in [0, 0.1) is 0 Å². The molecule has 0 N–H and O–H groups in total. The van der Waals surface area contributed by atoms with Gasteiger partial charge in [0.15, 0.2) is 0 Å². The van der Waals surface area contributed by atoms with E-state index in [1.807, 2.05) is 22.7 Å². The molecule has 9 aromatic carbocycles. The number of rotatable bonds is 5. The van der Waals surface area contributed by atoms with Crippen LogP contribution in [0.15, 0.2) is 194 Å². The second-order valence-corrected chi connectivity index (χ2v) is 16.7. The van der Waals surface area contributed by atoms with Crippen LogP contribution in [-0.2, 0) is 0 Å². The average molecular weight is 749 g/mol. The molecule has 0 saturated carbocycles. The first-order valence-corrected chi connectivity index (χ1v) is 20.6. The fourth-order valence-corrected chi connectivity index (χ4v) is 11.0. The summed E-state index contributed by atoms with van der Waals surface area (Å²) in [7, 11) is 0. The Balaban J connectivity index is 1.05. The van der Waals surface area contributed by atoms with Gasteiger partial charge in [-0.1, -0.05) is 109 Å². The van der Waals surface area contributed by atoms with Crippen LogP contribution in [0.4, 0.5) is 17.1 Å². The minimum absolute atomic E-state index is 1.12. The van der Waals surface area contributed by atoms with Crippen molar-refractivity contribution in [3.05, 3.63) is 194 Å². The van der Waals surface area contributed by atoms with Gasteiger partial charge < -0.3 is 9.47 Å². The lowest BCUT2D eigenvalue weighted by Crippen LogP contribution is -2.09. The maximum atomic E-state index is 2.43. The van der Waals surface area contributed by atoms with Crippen molar-refractivity contribution in [1.29, 1.82) is 0 Å². The highest BCUT2D eigenvalue weighted by atomic mass is 32.1. The Morgan fingerprint density at radius 3 is 1.48 bits per heavy atom. The van der Waals surface area contributed by atoms with E-state index in [-0.39, 0.29) is 0 Å². The van der Waals surface area contributed by atoms with Gasteiger partial charge in [0.25, 0.3) is 0 Å². The summed E-state index contributed by atoms with van der Waals surface area (Å²) >= 11 is 3.72. The zero-order chi connectivity index (χ0) is 36.7. The number of fused-ring (bicyclic) bond motifs is 11. The number of para-hydroxylation sites is 2. The van der Waals surface area contributed by atoms with Crippen LogP contribution < -0.4 is 4.90 Å². The largest absolute Gasteiger partial charge is 0.310 e. The van der Waals surface area contributed by atoms with Crippen molar-refractivity contribution in [2.24, 2.45) is 0 Å². The summed E-state index contributed by atoms with van der Waals surface area (Å²) in [4.78, 5) is 2.43. The van der Waals surface area contributed by atoms with Gasteiger partial charge in [0.2, 0.25) is 0 Å². The second kappa shape index (κ2) is 12.4. The highest BCUT2D eigenvalue weighted by Gasteiger charge is 2.20. The first-order valence-electron chi connectivity index (χ1n) is 19.0. The van der Waals surface area contributed by atoms with Crippen molar-refractivity contribution in [1.82, 2.24) is 4.57 Å². The molecule has 3 aromatic heterocycles. The molecule has 0 amide bonds. The average Bonchev–Trinajstić information content (AvgIpc) is 3.93. The molecule has 2 nitrogen and oxygen atoms in total. The minimum Gasteiger partial charge on any atom is -0.310 e. The van der Waals surface area contributed by atoms with Gasteiger partial charge in [-0.3, -0.25) is 0 Å². The standard InChI is InChI=1S/C52H32N2S2/c1-2-12-34(13-3-1)54-47-19-9-6-15-39(47)46-32-43(38-14-4-5-18-42(38)52(46)54)33-22-24-35(25-23-33)53(36-26-28-50-44(30-36)40-16-7-10-20-48(40)55-50)37-27-29-51-45(31-37)41-17-8-11-21-49(41)56-51/h1-32H. The third-order valence-corrected chi connectivity index (χ3v) is 13.7. The van der Waals surface area contributed by atoms with Gasteiger partial charge in [-0.25, -0.2) is 0 Å². The number of aromatic nitrogens is 1. The van der Waals surface area contributed by atoms with Gasteiger partial charge in [-0.2, -0.15) is 0 Å². The summed E-state index contributed by atoms with van der Waals surface area (Å²) < 4.78 is 7.68. The molecule has 12 rings (SSSR count). The first kappa shape index (κ1) is 31.6. The van der Waals surface area contributed by atoms with E-state index >= 15 is 0 Å². The number of anilines is 3. The molecular formula is C52H32N2S2. The maximum Gasteiger partial charge on any atom is 0.0619 e. The van der Waals surface area contributed by atoms with Crippen molar-refractivity contribution >= 4 is 113 Å². The minimum atomic E-state index is 1.12. The monoisotopic (exact) mass is 748 g/mol. The maximum absolute atomic E-state index is 2.43. The molecule has 0 fully saturated rings. The molecule has 0 aliphatic carbocycles. The van der Waals surface area contributed by atoms with Crippen molar-refractivity contribution in [3.8, 4) is 16.8 Å². The van der Waals surface area contributed by atoms with E-state index in [2.05, 4.69) is 204 Å². The van der Waals surface area contributed by atoms with Crippen molar-refractivity contribution in [3.63, 3.8) is 0 Å². The molecule has 0 radical (unpaired) electrons. The normalized spacial score (nSPS) is 11.9. The zero-order valence-corrected chi connectivity index (χ0v) is 31.8. The van der Waals surface area contributed by atoms with Crippen molar-refractivity contribution < 1.29 is 0 Å². The van der Waals surface area contributed by atoms with Crippen molar-refractivity contribution in [2.75, 3.05) is 4.90 Å². The lowest BCUT2D eigenvalue weighted by atomic mass is 9.95. The van der Waals surface area contributed by atoms with Gasteiger partial charge >= 0.3 is 0 Å². The SMILES string of the molecule is c1ccc(-n2c3ccccc3c3cc(-c4ccc(N(c5ccc6sc7ccccc7c6c5)c5ccc6sc7ccccc7c6c5)cc4)c4ccccc4c32)cc1. The summed E-state index contributed by atoms with van der Waals surface area (Å²) in [5.74, 6) is 0. The lowest BCUT2D eigenvalue weighted by Gasteiger charge is -2.26. The van der Waals surface area contributed by atoms with Crippen LogP contribution >= 0.6 is 22.7 Å². The highest BCUT2D eigenvalue weighted by molar-refractivity contribution is 7.26. The van der Waals surface area contributed by atoms with E-state index < -0.39 is 0 Å². The molecule has 12 aromatic rings. The quantitative estimate of drug-likeness (QED) is 0.170. The van der Waals surface area contributed by atoms with Crippen LogP contribution in [-0.4, -0.2) is 4.57 Å².